The van der Waals surface area contributed by atoms with E-state index in [0.29, 0.717) is 35.3 Å². The van der Waals surface area contributed by atoms with Crippen molar-refractivity contribution in [1.29, 1.82) is 0 Å². The van der Waals surface area contributed by atoms with Crippen LogP contribution in [-0.2, 0) is 4.74 Å². The lowest BCUT2D eigenvalue weighted by molar-refractivity contribution is -0.0502. The van der Waals surface area contributed by atoms with E-state index in [9.17, 15) is 13.6 Å². The van der Waals surface area contributed by atoms with Crippen LogP contribution in [0.25, 0.3) is 16.9 Å². The Morgan fingerprint density at radius 1 is 1.27 bits per heavy atom. The first-order chi connectivity index (χ1) is 17.9. The van der Waals surface area contributed by atoms with Gasteiger partial charge >= 0.3 is 6.61 Å². The zero-order valence-corrected chi connectivity index (χ0v) is 20.8. The van der Waals surface area contributed by atoms with Crippen LogP contribution in [0.1, 0.15) is 30.1 Å². The maximum Gasteiger partial charge on any atom is 0.387 e. The number of morpholine rings is 1. The Hall–Kier alpha value is -3.44. The number of carbonyl (C=O) groups is 1. The summed E-state index contributed by atoms with van der Waals surface area (Å²) in [5, 5.41) is 2.80. The van der Waals surface area contributed by atoms with Crippen molar-refractivity contribution in [3.8, 4) is 28.5 Å². The van der Waals surface area contributed by atoms with Gasteiger partial charge in [-0.3, -0.25) is 14.1 Å². The maximum atomic E-state index is 13.3. The van der Waals surface area contributed by atoms with E-state index in [1.807, 2.05) is 16.5 Å². The monoisotopic (exact) mass is 516 g/mol. The summed E-state index contributed by atoms with van der Waals surface area (Å²) in [6.45, 7) is 2.70. The molecule has 1 aliphatic heterocycles. The molecule has 2 aliphatic rings. The molecule has 37 heavy (non-hydrogen) atoms. The number of benzene rings is 1. The lowest BCUT2D eigenvalue weighted by atomic mass is 10.1. The van der Waals surface area contributed by atoms with Crippen LogP contribution in [0.4, 0.5) is 8.78 Å². The number of carbonyl (C=O) groups excluding carboxylic acids is 1. The molecule has 1 aromatic carbocycles. The normalized spacial score (nSPS) is 18.2. The number of fused-ring (bicyclic) bond motifs is 1. The molecule has 1 N–H and O–H groups in total. The molecule has 1 saturated carbocycles. The Labute approximate surface area is 213 Å². The van der Waals surface area contributed by atoms with Gasteiger partial charge in [0.1, 0.15) is 35.1 Å². The van der Waals surface area contributed by atoms with E-state index in [4.69, 9.17) is 18.9 Å². The molecular formula is C26H30F2N4O5. The predicted molar refractivity (Wildman–Crippen MR) is 132 cm³/mol. The first kappa shape index (κ1) is 25.2. The molecule has 0 radical (unpaired) electrons. The molecule has 3 heterocycles. The molecule has 11 heteroatoms. The van der Waals surface area contributed by atoms with Crippen molar-refractivity contribution in [3.05, 3.63) is 42.2 Å². The lowest BCUT2D eigenvalue weighted by Crippen LogP contribution is -2.45. The van der Waals surface area contributed by atoms with Crippen LogP contribution < -0.4 is 19.5 Å². The smallest absolute Gasteiger partial charge is 0.387 e. The number of nitrogens with one attached hydrogen (secondary N) is 1. The van der Waals surface area contributed by atoms with Crippen molar-refractivity contribution in [2.24, 2.45) is 0 Å². The number of hydrogen-bond donors (Lipinski definition) is 1. The quantitative estimate of drug-likeness (QED) is 0.441. The van der Waals surface area contributed by atoms with Gasteiger partial charge < -0.3 is 24.3 Å². The number of hydrogen-bond acceptors (Lipinski definition) is 7. The first-order valence-electron chi connectivity index (χ1n) is 12.3. The molecule has 0 bridgehead atoms. The van der Waals surface area contributed by atoms with Crippen molar-refractivity contribution < 1.29 is 32.5 Å². The summed E-state index contributed by atoms with van der Waals surface area (Å²) in [6.07, 6.45) is 5.14. The highest BCUT2D eigenvalue weighted by molar-refractivity contribution is 6.01. The van der Waals surface area contributed by atoms with Gasteiger partial charge in [0.2, 0.25) is 0 Å². The molecule has 2 aromatic heterocycles. The molecule has 198 valence electrons. The number of aromatic nitrogens is 2. The molecule has 1 atom stereocenters. The molecule has 3 aromatic rings. The summed E-state index contributed by atoms with van der Waals surface area (Å²) in [4.78, 5) is 19.6. The number of pyridine rings is 1. The van der Waals surface area contributed by atoms with E-state index in [2.05, 4.69) is 22.1 Å². The molecule has 2 fully saturated rings. The van der Waals surface area contributed by atoms with E-state index in [1.165, 1.54) is 13.2 Å². The molecule has 1 saturated heterocycles. The largest absolute Gasteiger partial charge is 0.496 e. The third kappa shape index (κ3) is 5.78. The van der Waals surface area contributed by atoms with Crippen molar-refractivity contribution >= 4 is 11.6 Å². The number of alkyl halides is 2. The van der Waals surface area contributed by atoms with Crippen LogP contribution >= 0.6 is 0 Å². The topological polar surface area (TPSA) is 86.6 Å². The average Bonchev–Trinajstić information content (AvgIpc) is 3.59. The number of amides is 1. The van der Waals surface area contributed by atoms with Crippen molar-refractivity contribution in [2.75, 3.05) is 40.0 Å². The van der Waals surface area contributed by atoms with E-state index in [-0.39, 0.29) is 23.1 Å². The predicted octanol–water partition coefficient (Wildman–Crippen LogP) is 3.60. The molecule has 0 unspecified atom stereocenters. The van der Waals surface area contributed by atoms with E-state index < -0.39 is 12.5 Å². The van der Waals surface area contributed by atoms with Crippen molar-refractivity contribution in [1.82, 2.24) is 19.6 Å². The van der Waals surface area contributed by atoms with Crippen LogP contribution in [-0.4, -0.2) is 78.9 Å². The minimum absolute atomic E-state index is 0.0451. The molecule has 1 amide bonds. The van der Waals surface area contributed by atoms with Gasteiger partial charge in [-0.2, -0.15) is 8.78 Å². The molecule has 1 aliphatic carbocycles. The second kappa shape index (κ2) is 10.9. The molecule has 0 spiro atoms. The van der Waals surface area contributed by atoms with Crippen LogP contribution in [0.5, 0.6) is 17.2 Å². The Balaban J connectivity index is 1.38. The number of ether oxygens (including phenoxy) is 4. The Morgan fingerprint density at radius 3 is 2.81 bits per heavy atom. The highest BCUT2D eigenvalue weighted by Gasteiger charge is 2.29. The maximum absolute atomic E-state index is 13.3. The zero-order chi connectivity index (χ0) is 25.9. The van der Waals surface area contributed by atoms with Gasteiger partial charge in [-0.05, 0) is 38.0 Å². The van der Waals surface area contributed by atoms with E-state index >= 15 is 0 Å². The van der Waals surface area contributed by atoms with Crippen LogP contribution in [0.3, 0.4) is 0 Å². The fraction of sp³-hybridized carbons (Fsp3) is 0.462. The number of nitrogens with zero attached hydrogens (tertiary/aromatic N) is 3. The van der Waals surface area contributed by atoms with Crippen LogP contribution in [0.15, 0.2) is 36.7 Å². The van der Waals surface area contributed by atoms with Crippen molar-refractivity contribution in [3.63, 3.8) is 0 Å². The van der Waals surface area contributed by atoms with Crippen LogP contribution in [0, 0.1) is 0 Å². The van der Waals surface area contributed by atoms with Gasteiger partial charge in [0.25, 0.3) is 5.91 Å². The molecule has 5 rings (SSSR count). The second-order valence-corrected chi connectivity index (χ2v) is 9.22. The Bertz CT molecular complexity index is 1260. The number of methoxy groups -OCH3 is 1. The van der Waals surface area contributed by atoms with E-state index in [0.717, 1.165) is 39.1 Å². The number of halogens is 2. The zero-order valence-electron chi connectivity index (χ0n) is 20.8. The molecular weight excluding hydrogens is 486 g/mol. The SMILES string of the molecule is COc1cc(-c2cnc3cc(OCCN4CCOC[C@@H]4C)ccn23)cc(OC(F)F)c1C(=O)NC1CC1. The van der Waals surface area contributed by atoms with Crippen LogP contribution in [0.2, 0.25) is 0 Å². The van der Waals surface area contributed by atoms with Gasteiger partial charge in [-0.1, -0.05) is 0 Å². The van der Waals surface area contributed by atoms with Gasteiger partial charge in [-0.25, -0.2) is 4.98 Å². The van der Waals surface area contributed by atoms with Gasteiger partial charge in [0.05, 0.1) is 32.2 Å². The van der Waals surface area contributed by atoms with E-state index in [1.54, 1.807) is 18.5 Å². The van der Waals surface area contributed by atoms with Gasteiger partial charge in [-0.15, -0.1) is 0 Å². The van der Waals surface area contributed by atoms with Crippen molar-refractivity contribution in [2.45, 2.75) is 38.5 Å². The highest BCUT2D eigenvalue weighted by atomic mass is 19.3. The summed E-state index contributed by atoms with van der Waals surface area (Å²) < 4.78 is 49.9. The summed E-state index contributed by atoms with van der Waals surface area (Å²) in [7, 11) is 1.38. The fourth-order valence-corrected chi connectivity index (χ4v) is 4.44. The summed E-state index contributed by atoms with van der Waals surface area (Å²) in [5.41, 5.74) is 1.70. The summed E-state index contributed by atoms with van der Waals surface area (Å²) >= 11 is 0. The standard InChI is InChI=1S/C26H30F2N4O5/c1-16-15-35-9-7-31(16)8-10-36-19-5-6-32-20(14-29-23(32)13-19)17-11-21(34-2)24(22(12-17)37-26(27)28)25(33)30-18-3-4-18/h5-6,11-14,16,18,26H,3-4,7-10,15H2,1-2H3,(H,30,33)/t16-/m0/s1. The minimum atomic E-state index is -3.10. The molecule has 9 nitrogen and oxygen atoms in total. The number of rotatable bonds is 10. The highest BCUT2D eigenvalue weighted by Crippen LogP contribution is 2.37. The first-order valence-corrected chi connectivity index (χ1v) is 12.3. The van der Waals surface area contributed by atoms with Gasteiger partial charge in [0.15, 0.2) is 0 Å². The Morgan fingerprint density at radius 2 is 2.08 bits per heavy atom. The Kier molecular flexibility index (Phi) is 7.43. The van der Waals surface area contributed by atoms with Gasteiger partial charge in [0, 0.05) is 43.0 Å². The lowest BCUT2D eigenvalue weighted by Gasteiger charge is -2.32. The summed E-state index contributed by atoms with van der Waals surface area (Å²) in [5.74, 6) is 0.0539. The fourth-order valence-electron chi connectivity index (χ4n) is 4.44. The average molecular weight is 517 g/mol. The summed E-state index contributed by atoms with van der Waals surface area (Å²) in [6, 6.07) is 7.08. The minimum Gasteiger partial charge on any atom is -0.496 e. The third-order valence-corrected chi connectivity index (χ3v) is 6.57. The second-order valence-electron chi connectivity index (χ2n) is 9.22. The number of imidazole rings is 1. The third-order valence-electron chi connectivity index (χ3n) is 6.57.